The van der Waals surface area contributed by atoms with Crippen LogP contribution in [0, 0.1) is 6.92 Å². The smallest absolute Gasteiger partial charge is 0.212 e. The molecular weight excluding hydrogens is 490 g/mol. The Morgan fingerprint density at radius 1 is 1.03 bits per heavy atom. The highest BCUT2D eigenvalue weighted by atomic mass is 16.5. The van der Waals surface area contributed by atoms with Crippen LogP contribution in [0.3, 0.4) is 0 Å². The van der Waals surface area contributed by atoms with Gasteiger partial charge in [-0.15, -0.1) is 0 Å². The standard InChI is InChI=1S/C29H31N9O/c1-19-14-25(36-35-19)33-29-23-6-4-5-7-24(23)32-28(34-29)22-9-10-26(30-16-22)38-13-12-37(20(2)17-38)18-21-8-11-27(39-3)31-15-21/h4-11,14-16,20H,12-13,17-18H2,1-3H3,(H2,32,33,34,35,36). The molecule has 1 unspecified atom stereocenters. The Bertz CT molecular complexity index is 1570. The number of hydrogen-bond acceptors (Lipinski definition) is 9. The van der Waals surface area contributed by atoms with E-state index in [1.807, 2.05) is 55.7 Å². The predicted octanol–water partition coefficient (Wildman–Crippen LogP) is 4.58. The number of aromatic amines is 1. The van der Waals surface area contributed by atoms with Crippen molar-refractivity contribution < 1.29 is 4.74 Å². The summed E-state index contributed by atoms with van der Waals surface area (Å²) in [6.45, 7) is 7.85. The van der Waals surface area contributed by atoms with Crippen LogP contribution in [0.25, 0.3) is 22.3 Å². The Labute approximate surface area is 227 Å². The first-order chi connectivity index (χ1) is 19.1. The molecule has 1 aliphatic rings. The van der Waals surface area contributed by atoms with Gasteiger partial charge >= 0.3 is 0 Å². The lowest BCUT2D eigenvalue weighted by Crippen LogP contribution is -2.51. The first-order valence-corrected chi connectivity index (χ1v) is 13.1. The summed E-state index contributed by atoms with van der Waals surface area (Å²) >= 11 is 0. The molecule has 0 saturated carbocycles. The number of aryl methyl sites for hydroxylation is 1. The van der Waals surface area contributed by atoms with Crippen LogP contribution < -0.4 is 15.0 Å². The zero-order chi connectivity index (χ0) is 26.8. The molecule has 1 fully saturated rings. The average Bonchev–Trinajstić information content (AvgIpc) is 3.38. The summed E-state index contributed by atoms with van der Waals surface area (Å²) in [6.07, 6.45) is 3.76. The third-order valence-corrected chi connectivity index (χ3v) is 7.04. The van der Waals surface area contributed by atoms with E-state index < -0.39 is 0 Å². The molecule has 0 aliphatic carbocycles. The lowest BCUT2D eigenvalue weighted by atomic mass is 10.1. The van der Waals surface area contributed by atoms with Crippen molar-refractivity contribution in [1.82, 2.24) is 35.0 Å². The zero-order valence-electron chi connectivity index (χ0n) is 22.3. The molecule has 1 saturated heterocycles. The van der Waals surface area contributed by atoms with Gasteiger partial charge in [-0.2, -0.15) is 5.10 Å². The number of pyridine rings is 2. The lowest BCUT2D eigenvalue weighted by molar-refractivity contribution is 0.180. The fourth-order valence-corrected chi connectivity index (χ4v) is 4.91. The van der Waals surface area contributed by atoms with Crippen LogP contribution >= 0.6 is 0 Å². The van der Waals surface area contributed by atoms with Crippen LogP contribution in [0.15, 0.2) is 67.0 Å². The van der Waals surface area contributed by atoms with Gasteiger partial charge < -0.3 is 15.0 Å². The Morgan fingerprint density at radius 2 is 1.92 bits per heavy atom. The molecule has 1 aromatic carbocycles. The van der Waals surface area contributed by atoms with Gasteiger partial charge in [0.15, 0.2) is 11.6 Å². The van der Waals surface area contributed by atoms with Crippen LogP contribution in [0.2, 0.25) is 0 Å². The molecule has 0 spiro atoms. The van der Waals surface area contributed by atoms with Crippen LogP contribution in [-0.4, -0.2) is 67.8 Å². The molecule has 198 valence electrons. The highest BCUT2D eigenvalue weighted by molar-refractivity contribution is 5.91. The maximum Gasteiger partial charge on any atom is 0.212 e. The van der Waals surface area contributed by atoms with Gasteiger partial charge in [0.25, 0.3) is 0 Å². The second-order valence-electron chi connectivity index (χ2n) is 9.85. The summed E-state index contributed by atoms with van der Waals surface area (Å²) in [5.74, 6) is 3.65. The fraction of sp³-hybridized carbons (Fsp3) is 0.276. The van der Waals surface area contributed by atoms with Crippen LogP contribution in [0.5, 0.6) is 5.88 Å². The zero-order valence-corrected chi connectivity index (χ0v) is 22.3. The number of fused-ring (bicyclic) bond motifs is 1. The average molecular weight is 522 g/mol. The van der Waals surface area contributed by atoms with Gasteiger partial charge in [0.05, 0.1) is 12.6 Å². The molecule has 0 amide bonds. The molecule has 10 heteroatoms. The lowest BCUT2D eigenvalue weighted by Gasteiger charge is -2.40. The highest BCUT2D eigenvalue weighted by Gasteiger charge is 2.25. The van der Waals surface area contributed by atoms with Crippen molar-refractivity contribution in [2.75, 3.05) is 37.0 Å². The number of benzene rings is 1. The number of nitrogens with one attached hydrogen (secondary N) is 2. The molecule has 39 heavy (non-hydrogen) atoms. The summed E-state index contributed by atoms with van der Waals surface area (Å²) in [7, 11) is 1.64. The van der Waals surface area contributed by atoms with E-state index in [9.17, 15) is 0 Å². The molecule has 0 radical (unpaired) electrons. The van der Waals surface area contributed by atoms with E-state index in [-0.39, 0.29) is 0 Å². The Hall–Kier alpha value is -4.57. The van der Waals surface area contributed by atoms with E-state index in [4.69, 9.17) is 19.7 Å². The van der Waals surface area contributed by atoms with Crippen molar-refractivity contribution in [2.24, 2.45) is 0 Å². The topological polar surface area (TPSA) is 108 Å². The highest BCUT2D eigenvalue weighted by Crippen LogP contribution is 2.28. The minimum absolute atomic E-state index is 0.380. The Kier molecular flexibility index (Phi) is 6.76. The van der Waals surface area contributed by atoms with E-state index in [0.717, 1.165) is 54.2 Å². The number of nitrogens with zero attached hydrogens (tertiary/aromatic N) is 7. The van der Waals surface area contributed by atoms with Crippen molar-refractivity contribution in [3.05, 3.63) is 78.2 Å². The normalized spacial score (nSPS) is 16.0. The molecule has 10 nitrogen and oxygen atoms in total. The van der Waals surface area contributed by atoms with Gasteiger partial charge in [0, 0.05) is 73.4 Å². The van der Waals surface area contributed by atoms with Crippen molar-refractivity contribution in [3.63, 3.8) is 0 Å². The first-order valence-electron chi connectivity index (χ1n) is 13.1. The van der Waals surface area contributed by atoms with Gasteiger partial charge in [0.2, 0.25) is 5.88 Å². The number of anilines is 3. The number of ether oxygens (including phenoxy) is 1. The number of aromatic nitrogens is 6. The van der Waals surface area contributed by atoms with Gasteiger partial charge in [-0.3, -0.25) is 10.00 Å². The number of para-hydroxylation sites is 1. The van der Waals surface area contributed by atoms with Gasteiger partial charge in [-0.25, -0.2) is 19.9 Å². The monoisotopic (exact) mass is 521 g/mol. The summed E-state index contributed by atoms with van der Waals surface area (Å²) in [5.41, 5.74) is 3.89. The first kappa shape index (κ1) is 24.7. The number of hydrogen-bond donors (Lipinski definition) is 2. The molecule has 1 atom stereocenters. The molecule has 5 aromatic rings. The molecule has 6 rings (SSSR count). The molecule has 2 N–H and O–H groups in total. The SMILES string of the molecule is COc1ccc(CN2CCN(c3ccc(-c4nc(Nc5cc(C)[nH]n5)c5ccccc5n4)cn3)CC2C)cn1. The van der Waals surface area contributed by atoms with Gasteiger partial charge in [-0.1, -0.05) is 18.2 Å². The largest absolute Gasteiger partial charge is 0.481 e. The Morgan fingerprint density at radius 3 is 2.64 bits per heavy atom. The summed E-state index contributed by atoms with van der Waals surface area (Å²) in [5, 5.41) is 11.5. The molecule has 4 aromatic heterocycles. The van der Waals surface area contributed by atoms with Crippen molar-refractivity contribution in [2.45, 2.75) is 26.4 Å². The number of rotatable bonds is 7. The number of piperazine rings is 1. The van der Waals surface area contributed by atoms with E-state index >= 15 is 0 Å². The molecule has 5 heterocycles. The van der Waals surface area contributed by atoms with Crippen LogP contribution in [0.4, 0.5) is 17.5 Å². The van der Waals surface area contributed by atoms with E-state index in [1.165, 1.54) is 5.56 Å². The second-order valence-corrected chi connectivity index (χ2v) is 9.85. The Balaban J connectivity index is 1.17. The maximum atomic E-state index is 5.18. The molecular formula is C29H31N9O. The molecule has 1 aliphatic heterocycles. The maximum absolute atomic E-state index is 5.18. The van der Waals surface area contributed by atoms with E-state index in [2.05, 4.69) is 55.4 Å². The van der Waals surface area contributed by atoms with Crippen LogP contribution in [-0.2, 0) is 6.54 Å². The minimum Gasteiger partial charge on any atom is -0.481 e. The third-order valence-electron chi connectivity index (χ3n) is 7.04. The summed E-state index contributed by atoms with van der Waals surface area (Å²) < 4.78 is 5.18. The summed E-state index contributed by atoms with van der Waals surface area (Å²) in [4.78, 5) is 23.6. The van der Waals surface area contributed by atoms with E-state index in [0.29, 0.717) is 29.4 Å². The third kappa shape index (κ3) is 5.37. The molecule has 0 bridgehead atoms. The number of methoxy groups -OCH3 is 1. The fourth-order valence-electron chi connectivity index (χ4n) is 4.91. The second kappa shape index (κ2) is 10.7. The van der Waals surface area contributed by atoms with Gasteiger partial charge in [-0.05, 0) is 43.7 Å². The van der Waals surface area contributed by atoms with Crippen molar-refractivity contribution in [3.8, 4) is 17.3 Å². The number of H-pyrrole nitrogens is 1. The predicted molar refractivity (Wildman–Crippen MR) is 152 cm³/mol. The van der Waals surface area contributed by atoms with Crippen LogP contribution in [0.1, 0.15) is 18.2 Å². The van der Waals surface area contributed by atoms with Crippen molar-refractivity contribution >= 4 is 28.4 Å². The van der Waals surface area contributed by atoms with Gasteiger partial charge in [0.1, 0.15) is 11.6 Å². The minimum atomic E-state index is 0.380. The summed E-state index contributed by atoms with van der Waals surface area (Å²) in [6, 6.07) is 18.4. The van der Waals surface area contributed by atoms with Crippen molar-refractivity contribution in [1.29, 1.82) is 0 Å². The quantitative estimate of drug-likeness (QED) is 0.318. The van der Waals surface area contributed by atoms with E-state index in [1.54, 1.807) is 7.11 Å².